The minimum Gasteiger partial charge on any atom is -0.386 e. The predicted octanol–water partition coefficient (Wildman–Crippen LogP) is 2.30. The number of pyridine rings is 1. The molecule has 2 aromatic rings. The molecule has 0 spiro atoms. The Bertz CT molecular complexity index is 570. The van der Waals surface area contributed by atoms with Crippen LogP contribution in [0.4, 0.5) is 4.39 Å². The van der Waals surface area contributed by atoms with E-state index in [4.69, 9.17) is 0 Å². The number of aromatic nitrogens is 3. The van der Waals surface area contributed by atoms with E-state index in [1.54, 1.807) is 11.7 Å². The Hall–Kier alpha value is -1.27. The number of rotatable bonds is 3. The van der Waals surface area contributed by atoms with Crippen LogP contribution < -0.4 is 0 Å². The quantitative estimate of drug-likeness (QED) is 0.946. The summed E-state index contributed by atoms with van der Waals surface area (Å²) >= 11 is 3.41. The zero-order valence-electron chi connectivity index (χ0n) is 10.1. The molecule has 0 aliphatic rings. The average molecular weight is 314 g/mol. The van der Waals surface area contributed by atoms with Crippen LogP contribution in [0.2, 0.25) is 0 Å². The molecule has 2 heterocycles. The van der Waals surface area contributed by atoms with Crippen LogP contribution in [-0.2, 0) is 13.5 Å². The molecule has 18 heavy (non-hydrogen) atoms. The summed E-state index contributed by atoms with van der Waals surface area (Å²) in [4.78, 5) is 3.87. The lowest BCUT2D eigenvalue weighted by molar-refractivity contribution is 0.165. The fourth-order valence-electron chi connectivity index (χ4n) is 1.82. The summed E-state index contributed by atoms with van der Waals surface area (Å²) in [6.45, 7) is 1.86. The van der Waals surface area contributed by atoms with E-state index < -0.39 is 11.9 Å². The smallest absolute Gasteiger partial charge is 0.147 e. The van der Waals surface area contributed by atoms with Crippen molar-refractivity contribution in [3.8, 4) is 0 Å². The highest BCUT2D eigenvalue weighted by Crippen LogP contribution is 2.26. The van der Waals surface area contributed by atoms with E-state index in [0.29, 0.717) is 0 Å². The van der Waals surface area contributed by atoms with E-state index in [9.17, 15) is 9.50 Å². The molecule has 1 atom stereocenters. The van der Waals surface area contributed by atoms with Gasteiger partial charge in [-0.3, -0.25) is 9.67 Å². The van der Waals surface area contributed by atoms with E-state index >= 15 is 0 Å². The molecule has 0 saturated heterocycles. The zero-order valence-corrected chi connectivity index (χ0v) is 11.6. The third-order valence-corrected chi connectivity index (χ3v) is 3.78. The Kier molecular flexibility index (Phi) is 3.77. The Morgan fingerprint density at radius 2 is 2.28 bits per heavy atom. The lowest BCUT2D eigenvalue weighted by Crippen LogP contribution is -2.10. The molecule has 0 radical (unpaired) electrons. The van der Waals surface area contributed by atoms with Crippen molar-refractivity contribution < 1.29 is 9.50 Å². The lowest BCUT2D eigenvalue weighted by atomic mass is 10.1. The van der Waals surface area contributed by atoms with Crippen molar-refractivity contribution in [3.05, 3.63) is 45.7 Å². The van der Waals surface area contributed by atoms with Gasteiger partial charge in [-0.1, -0.05) is 0 Å². The van der Waals surface area contributed by atoms with Crippen molar-refractivity contribution in [3.63, 3.8) is 0 Å². The largest absolute Gasteiger partial charge is 0.386 e. The maximum atomic E-state index is 13.5. The van der Waals surface area contributed by atoms with Crippen LogP contribution in [0.1, 0.15) is 23.2 Å². The molecule has 6 heteroatoms. The van der Waals surface area contributed by atoms with E-state index in [1.807, 2.05) is 6.92 Å². The van der Waals surface area contributed by atoms with E-state index in [1.165, 1.54) is 18.3 Å². The molecule has 0 aliphatic heterocycles. The molecule has 0 fully saturated rings. The molecule has 0 aromatic carbocycles. The number of aryl methyl sites for hydroxylation is 2. The molecule has 0 amide bonds. The van der Waals surface area contributed by atoms with Gasteiger partial charge in [0.2, 0.25) is 0 Å². The number of hydrogen-bond donors (Lipinski definition) is 1. The van der Waals surface area contributed by atoms with Crippen molar-refractivity contribution in [2.24, 2.45) is 7.05 Å². The summed E-state index contributed by atoms with van der Waals surface area (Å²) < 4.78 is 16.0. The van der Waals surface area contributed by atoms with E-state index in [-0.39, 0.29) is 12.1 Å². The first kappa shape index (κ1) is 13.2. The highest BCUT2D eigenvalue weighted by Gasteiger charge is 2.19. The summed E-state index contributed by atoms with van der Waals surface area (Å²) in [6, 6.07) is 2.78. The first-order valence-electron chi connectivity index (χ1n) is 5.47. The first-order chi connectivity index (χ1) is 8.50. The number of hydrogen-bond acceptors (Lipinski definition) is 3. The van der Waals surface area contributed by atoms with E-state index in [2.05, 4.69) is 26.0 Å². The number of aliphatic hydroxyl groups is 1. The Balaban J connectivity index is 2.27. The minimum atomic E-state index is -0.989. The van der Waals surface area contributed by atoms with Crippen molar-refractivity contribution in [1.29, 1.82) is 0 Å². The number of aliphatic hydroxyl groups excluding tert-OH is 1. The molecule has 2 rings (SSSR count). The number of halogens is 2. The van der Waals surface area contributed by atoms with Crippen LogP contribution in [0, 0.1) is 12.7 Å². The minimum absolute atomic E-state index is 0.0586. The summed E-state index contributed by atoms with van der Waals surface area (Å²) in [6.07, 6.45) is 0.731. The fourth-order valence-corrected chi connectivity index (χ4v) is 2.32. The summed E-state index contributed by atoms with van der Waals surface area (Å²) in [5, 5.41) is 14.3. The maximum Gasteiger partial charge on any atom is 0.147 e. The van der Waals surface area contributed by atoms with Gasteiger partial charge in [0.1, 0.15) is 17.6 Å². The molecule has 0 bridgehead atoms. The molecular formula is C12H13BrFN3O. The topological polar surface area (TPSA) is 50.9 Å². The molecule has 96 valence electrons. The Morgan fingerprint density at radius 1 is 1.56 bits per heavy atom. The molecule has 2 aromatic heterocycles. The fraction of sp³-hybridized carbons (Fsp3) is 0.333. The predicted molar refractivity (Wildman–Crippen MR) is 68.5 cm³/mol. The van der Waals surface area contributed by atoms with Gasteiger partial charge in [-0.15, -0.1) is 0 Å². The van der Waals surface area contributed by atoms with Gasteiger partial charge in [-0.2, -0.15) is 5.10 Å². The maximum absolute atomic E-state index is 13.5. The molecule has 1 N–H and O–H groups in total. The van der Waals surface area contributed by atoms with Crippen LogP contribution >= 0.6 is 15.9 Å². The molecule has 0 saturated carbocycles. The summed E-state index contributed by atoms with van der Waals surface area (Å²) in [7, 11) is 1.79. The zero-order chi connectivity index (χ0) is 13.3. The highest BCUT2D eigenvalue weighted by molar-refractivity contribution is 9.10. The summed E-state index contributed by atoms with van der Waals surface area (Å²) in [5.41, 5.74) is 1.70. The van der Waals surface area contributed by atoms with Gasteiger partial charge in [0.05, 0.1) is 15.9 Å². The Labute approximate surface area is 113 Å². The van der Waals surface area contributed by atoms with Gasteiger partial charge in [0.15, 0.2) is 0 Å². The average Bonchev–Trinajstić information content (AvgIpc) is 2.56. The second-order valence-corrected chi connectivity index (χ2v) is 4.85. The van der Waals surface area contributed by atoms with Gasteiger partial charge in [-0.25, -0.2) is 4.39 Å². The first-order valence-corrected chi connectivity index (χ1v) is 6.26. The molecule has 1 unspecified atom stereocenters. The van der Waals surface area contributed by atoms with Crippen molar-refractivity contribution >= 4 is 15.9 Å². The van der Waals surface area contributed by atoms with Crippen LogP contribution in [0.15, 0.2) is 22.8 Å². The van der Waals surface area contributed by atoms with Gasteiger partial charge in [0.25, 0.3) is 0 Å². The second kappa shape index (κ2) is 5.16. The van der Waals surface area contributed by atoms with Gasteiger partial charge >= 0.3 is 0 Å². The highest BCUT2D eigenvalue weighted by atomic mass is 79.9. The van der Waals surface area contributed by atoms with Gasteiger partial charge < -0.3 is 5.11 Å². The van der Waals surface area contributed by atoms with Gasteiger partial charge in [0, 0.05) is 19.7 Å². The Morgan fingerprint density at radius 3 is 2.83 bits per heavy atom. The molecular weight excluding hydrogens is 301 g/mol. The van der Waals surface area contributed by atoms with Crippen LogP contribution in [0.25, 0.3) is 0 Å². The number of nitrogens with zero attached hydrogens (tertiary/aromatic N) is 3. The van der Waals surface area contributed by atoms with E-state index in [0.717, 1.165) is 15.9 Å². The SMILES string of the molecule is Cc1nn(C)c(CC(O)c2ncccc2F)c1Br. The normalized spacial score (nSPS) is 12.7. The van der Waals surface area contributed by atoms with Crippen LogP contribution in [0.3, 0.4) is 0 Å². The van der Waals surface area contributed by atoms with Crippen molar-refractivity contribution in [2.45, 2.75) is 19.4 Å². The summed E-state index contributed by atoms with van der Waals surface area (Å²) in [5.74, 6) is -0.500. The van der Waals surface area contributed by atoms with Gasteiger partial charge in [-0.05, 0) is 35.0 Å². The third-order valence-electron chi connectivity index (χ3n) is 2.75. The lowest BCUT2D eigenvalue weighted by Gasteiger charge is -2.11. The monoisotopic (exact) mass is 313 g/mol. The third kappa shape index (κ3) is 2.44. The molecule has 4 nitrogen and oxygen atoms in total. The van der Waals surface area contributed by atoms with Crippen LogP contribution in [0.5, 0.6) is 0 Å². The second-order valence-electron chi connectivity index (χ2n) is 4.06. The van der Waals surface area contributed by atoms with Crippen LogP contribution in [-0.4, -0.2) is 19.9 Å². The standard InChI is InChI=1S/C12H13BrFN3O/c1-7-11(13)9(17(2)16-7)6-10(18)12-8(14)4-3-5-15-12/h3-5,10,18H,6H2,1-2H3. The van der Waals surface area contributed by atoms with Crippen molar-refractivity contribution in [1.82, 2.24) is 14.8 Å². The van der Waals surface area contributed by atoms with Crippen molar-refractivity contribution in [2.75, 3.05) is 0 Å². The molecule has 0 aliphatic carbocycles.